The van der Waals surface area contributed by atoms with Crippen LogP contribution in [0.15, 0.2) is 66.4 Å². The van der Waals surface area contributed by atoms with Crippen LogP contribution < -0.4 is 15.0 Å². The van der Waals surface area contributed by atoms with Crippen molar-refractivity contribution < 1.29 is 19.1 Å². The number of halogens is 1. The van der Waals surface area contributed by atoms with Crippen molar-refractivity contribution in [2.75, 3.05) is 11.5 Å². The summed E-state index contributed by atoms with van der Waals surface area (Å²) in [5.41, 5.74) is 2.72. The number of barbiturate groups is 1. The number of carbonyl (C=O) groups is 3. The topological polar surface area (TPSA) is 80.6 Å². The SMILES string of the molecule is Cc1ccc(N2C(=O)NC(=O)/C(=C\c3cccn3CCOc3ccccc3C(C)C)C2=O)cc1Cl. The van der Waals surface area contributed by atoms with E-state index < -0.39 is 17.8 Å². The molecule has 0 spiro atoms. The van der Waals surface area contributed by atoms with E-state index in [0.29, 0.717) is 29.8 Å². The molecule has 0 radical (unpaired) electrons. The number of hydrogen-bond acceptors (Lipinski definition) is 4. The number of urea groups is 1. The Bertz CT molecular complexity index is 1330. The summed E-state index contributed by atoms with van der Waals surface area (Å²) < 4.78 is 7.90. The van der Waals surface area contributed by atoms with E-state index in [1.54, 1.807) is 18.2 Å². The molecule has 1 aliphatic rings. The number of aryl methyl sites for hydroxylation is 1. The predicted octanol–water partition coefficient (Wildman–Crippen LogP) is 5.32. The van der Waals surface area contributed by atoms with Crippen molar-refractivity contribution in [3.63, 3.8) is 0 Å². The molecule has 4 amide bonds. The standard InChI is InChI=1S/C27H26ClN3O4/c1-17(2)21-8-4-5-9-24(21)35-14-13-30-12-6-7-19(30)15-22-25(32)29-27(34)31(26(22)33)20-11-10-18(3)23(28)16-20/h4-12,15-17H,13-14H2,1-3H3,(H,29,32,34)/b22-15+. The summed E-state index contributed by atoms with van der Waals surface area (Å²) in [5.74, 6) is -0.289. The number of hydrogen-bond donors (Lipinski definition) is 1. The number of carbonyl (C=O) groups excluding carboxylic acids is 3. The lowest BCUT2D eigenvalue weighted by molar-refractivity contribution is -0.122. The van der Waals surface area contributed by atoms with E-state index in [1.165, 1.54) is 12.1 Å². The summed E-state index contributed by atoms with van der Waals surface area (Å²) in [5, 5.41) is 2.65. The number of amides is 4. The van der Waals surface area contributed by atoms with Gasteiger partial charge in [0.25, 0.3) is 11.8 Å². The van der Waals surface area contributed by atoms with Crippen molar-refractivity contribution in [2.24, 2.45) is 0 Å². The maximum atomic E-state index is 13.2. The molecule has 0 atom stereocenters. The van der Waals surface area contributed by atoms with Crippen LogP contribution in [0.5, 0.6) is 5.75 Å². The van der Waals surface area contributed by atoms with Crippen LogP contribution in [0.2, 0.25) is 5.02 Å². The van der Waals surface area contributed by atoms with Crippen LogP contribution in [0.4, 0.5) is 10.5 Å². The summed E-state index contributed by atoms with van der Waals surface area (Å²) in [7, 11) is 0. The maximum Gasteiger partial charge on any atom is 0.335 e. The van der Waals surface area contributed by atoms with Gasteiger partial charge in [0, 0.05) is 16.9 Å². The maximum absolute atomic E-state index is 13.2. The van der Waals surface area contributed by atoms with Gasteiger partial charge in [-0.2, -0.15) is 0 Å². The Morgan fingerprint density at radius 1 is 1.06 bits per heavy atom. The van der Waals surface area contributed by atoms with Crippen LogP contribution in [0, 0.1) is 6.92 Å². The second-order valence-electron chi connectivity index (χ2n) is 8.56. The molecule has 1 fully saturated rings. The summed E-state index contributed by atoms with van der Waals surface area (Å²) in [6.07, 6.45) is 3.33. The summed E-state index contributed by atoms with van der Waals surface area (Å²) in [4.78, 5) is 39.1. The molecule has 1 N–H and O–H groups in total. The van der Waals surface area contributed by atoms with Gasteiger partial charge in [0.05, 0.1) is 12.2 Å². The zero-order valence-corrected chi connectivity index (χ0v) is 20.5. The number of anilines is 1. The molecular weight excluding hydrogens is 466 g/mol. The number of ether oxygens (including phenoxy) is 1. The fraction of sp³-hybridized carbons (Fsp3) is 0.222. The Labute approximate surface area is 208 Å². The molecule has 2 aromatic carbocycles. The number of nitrogens with zero attached hydrogens (tertiary/aromatic N) is 2. The van der Waals surface area contributed by atoms with E-state index in [1.807, 2.05) is 48.0 Å². The fourth-order valence-electron chi connectivity index (χ4n) is 3.87. The second kappa shape index (κ2) is 10.2. The summed E-state index contributed by atoms with van der Waals surface area (Å²) >= 11 is 6.18. The van der Waals surface area contributed by atoms with Gasteiger partial charge in [0.15, 0.2) is 0 Å². The molecule has 0 saturated carbocycles. The molecule has 1 aliphatic heterocycles. The number of nitrogens with one attached hydrogen (secondary N) is 1. The van der Waals surface area contributed by atoms with Crippen molar-refractivity contribution in [1.82, 2.24) is 9.88 Å². The molecular formula is C27H26ClN3O4. The quantitative estimate of drug-likeness (QED) is 0.358. The second-order valence-corrected chi connectivity index (χ2v) is 8.97. The number of para-hydroxylation sites is 1. The highest BCUT2D eigenvalue weighted by Crippen LogP contribution is 2.27. The fourth-order valence-corrected chi connectivity index (χ4v) is 4.04. The summed E-state index contributed by atoms with van der Waals surface area (Å²) in [6.45, 7) is 6.95. The van der Waals surface area contributed by atoms with Gasteiger partial charge >= 0.3 is 6.03 Å². The minimum Gasteiger partial charge on any atom is -0.491 e. The van der Waals surface area contributed by atoms with Gasteiger partial charge in [-0.25, -0.2) is 9.69 Å². The molecule has 4 rings (SSSR count). The lowest BCUT2D eigenvalue weighted by Crippen LogP contribution is -2.54. The van der Waals surface area contributed by atoms with E-state index >= 15 is 0 Å². The molecule has 0 bridgehead atoms. The van der Waals surface area contributed by atoms with E-state index in [2.05, 4.69) is 19.2 Å². The van der Waals surface area contributed by atoms with Crippen molar-refractivity contribution in [2.45, 2.75) is 33.2 Å². The van der Waals surface area contributed by atoms with Crippen LogP contribution in [0.1, 0.15) is 36.6 Å². The zero-order valence-electron chi connectivity index (χ0n) is 19.7. The minimum atomic E-state index is -0.815. The molecule has 3 aromatic rings. The Morgan fingerprint density at radius 2 is 1.83 bits per heavy atom. The monoisotopic (exact) mass is 491 g/mol. The van der Waals surface area contributed by atoms with Crippen LogP contribution in [-0.4, -0.2) is 29.0 Å². The normalized spacial score (nSPS) is 15.2. The molecule has 7 nitrogen and oxygen atoms in total. The molecule has 1 aromatic heterocycles. The Kier molecular flexibility index (Phi) is 7.07. The largest absolute Gasteiger partial charge is 0.491 e. The van der Waals surface area contributed by atoms with Gasteiger partial charge in [0.2, 0.25) is 0 Å². The molecule has 35 heavy (non-hydrogen) atoms. The van der Waals surface area contributed by atoms with Crippen LogP contribution in [-0.2, 0) is 16.1 Å². The molecule has 0 unspecified atom stereocenters. The lowest BCUT2D eigenvalue weighted by Gasteiger charge is -2.26. The van der Waals surface area contributed by atoms with Crippen LogP contribution in [0.3, 0.4) is 0 Å². The van der Waals surface area contributed by atoms with E-state index in [9.17, 15) is 14.4 Å². The van der Waals surface area contributed by atoms with Gasteiger partial charge in [-0.3, -0.25) is 14.9 Å². The predicted molar refractivity (Wildman–Crippen MR) is 136 cm³/mol. The highest BCUT2D eigenvalue weighted by molar-refractivity contribution is 6.39. The molecule has 2 heterocycles. The number of benzene rings is 2. The average Bonchev–Trinajstić information content (AvgIpc) is 3.26. The van der Waals surface area contributed by atoms with Gasteiger partial charge in [-0.05, 0) is 60.4 Å². The molecule has 1 saturated heterocycles. The highest BCUT2D eigenvalue weighted by atomic mass is 35.5. The highest BCUT2D eigenvalue weighted by Gasteiger charge is 2.37. The first-order valence-corrected chi connectivity index (χ1v) is 11.7. The van der Waals surface area contributed by atoms with Crippen molar-refractivity contribution >= 4 is 41.2 Å². The zero-order chi connectivity index (χ0) is 25.1. The van der Waals surface area contributed by atoms with Crippen LogP contribution >= 0.6 is 11.6 Å². The van der Waals surface area contributed by atoms with E-state index in [-0.39, 0.29) is 11.3 Å². The van der Waals surface area contributed by atoms with Gasteiger partial charge < -0.3 is 9.30 Å². The van der Waals surface area contributed by atoms with Gasteiger partial charge in [-0.1, -0.05) is 49.7 Å². The number of imide groups is 2. The third-order valence-corrected chi connectivity index (χ3v) is 6.21. The molecule has 180 valence electrons. The Hall–Kier alpha value is -3.84. The lowest BCUT2D eigenvalue weighted by atomic mass is 10.0. The Balaban J connectivity index is 1.54. The first-order chi connectivity index (χ1) is 16.8. The Morgan fingerprint density at radius 3 is 2.57 bits per heavy atom. The van der Waals surface area contributed by atoms with Gasteiger partial charge in [-0.15, -0.1) is 0 Å². The van der Waals surface area contributed by atoms with E-state index in [0.717, 1.165) is 21.8 Å². The smallest absolute Gasteiger partial charge is 0.335 e. The third kappa shape index (κ3) is 5.15. The molecule has 8 heteroatoms. The first-order valence-electron chi connectivity index (χ1n) is 11.3. The average molecular weight is 492 g/mol. The third-order valence-electron chi connectivity index (χ3n) is 5.80. The van der Waals surface area contributed by atoms with Crippen molar-refractivity contribution in [3.05, 3.63) is 88.2 Å². The van der Waals surface area contributed by atoms with Gasteiger partial charge in [0.1, 0.15) is 17.9 Å². The summed E-state index contributed by atoms with van der Waals surface area (Å²) in [6, 6.07) is 15.6. The molecule has 0 aliphatic carbocycles. The number of rotatable bonds is 7. The number of aromatic nitrogens is 1. The van der Waals surface area contributed by atoms with Crippen molar-refractivity contribution in [3.8, 4) is 5.75 Å². The van der Waals surface area contributed by atoms with Crippen molar-refractivity contribution in [1.29, 1.82) is 0 Å². The van der Waals surface area contributed by atoms with Crippen LogP contribution in [0.25, 0.3) is 6.08 Å². The first kappa shape index (κ1) is 24.3. The van der Waals surface area contributed by atoms with E-state index in [4.69, 9.17) is 16.3 Å². The minimum absolute atomic E-state index is 0.146.